The highest BCUT2D eigenvalue weighted by atomic mass is 15.0. The molecule has 0 saturated heterocycles. The average Bonchev–Trinajstić information content (AvgIpc) is 3.56. The third-order valence-electron chi connectivity index (χ3n) is 10.9. The van der Waals surface area contributed by atoms with E-state index in [2.05, 4.69) is 213 Å². The molecule has 0 aliphatic heterocycles. The van der Waals surface area contributed by atoms with Crippen LogP contribution in [0.4, 0.5) is 0 Å². The Morgan fingerprint density at radius 3 is 1.68 bits per heavy atom. The van der Waals surface area contributed by atoms with Gasteiger partial charge in [0.2, 0.25) is 0 Å². The average molecular weight is 680 g/mol. The van der Waals surface area contributed by atoms with E-state index in [9.17, 15) is 0 Å². The Balaban J connectivity index is 1.16. The monoisotopic (exact) mass is 679 g/mol. The van der Waals surface area contributed by atoms with Gasteiger partial charge in [0.05, 0.1) is 11.0 Å². The highest BCUT2D eigenvalue weighted by molar-refractivity contribution is 6.10. The number of para-hydroxylation sites is 2. The van der Waals surface area contributed by atoms with Crippen molar-refractivity contribution in [2.24, 2.45) is 0 Å². The molecule has 0 fully saturated rings. The van der Waals surface area contributed by atoms with E-state index in [1.165, 1.54) is 88.7 Å². The summed E-state index contributed by atoms with van der Waals surface area (Å²) in [5.74, 6) is 0.223. The fourth-order valence-corrected chi connectivity index (χ4v) is 8.23. The lowest BCUT2D eigenvalue weighted by Crippen LogP contribution is -2.04. The maximum absolute atomic E-state index is 2.41. The SMILES string of the molecule is CCC(c1cc(-c2ccccc2)cc(-c2ccccc2)c1)c1ccccc1-c1cc(-c2ccc3c(c2)c2ccccc2n3-c2ccccc2)ccc1C. The molecule has 1 unspecified atom stereocenters. The van der Waals surface area contributed by atoms with Gasteiger partial charge in [-0.2, -0.15) is 0 Å². The van der Waals surface area contributed by atoms with Crippen LogP contribution in [0.2, 0.25) is 0 Å². The van der Waals surface area contributed by atoms with E-state index >= 15 is 0 Å². The number of benzene rings is 8. The topological polar surface area (TPSA) is 4.93 Å². The number of aryl methyl sites for hydroxylation is 1. The molecule has 53 heavy (non-hydrogen) atoms. The van der Waals surface area contributed by atoms with Crippen molar-refractivity contribution in [3.8, 4) is 50.2 Å². The summed E-state index contributed by atoms with van der Waals surface area (Å²) in [5.41, 5.74) is 17.6. The molecule has 8 aromatic carbocycles. The van der Waals surface area contributed by atoms with Crippen LogP contribution in [0.1, 0.15) is 36.0 Å². The van der Waals surface area contributed by atoms with Crippen LogP contribution in [0, 0.1) is 6.92 Å². The van der Waals surface area contributed by atoms with E-state index in [-0.39, 0.29) is 5.92 Å². The molecule has 9 aromatic rings. The van der Waals surface area contributed by atoms with Gasteiger partial charge in [-0.25, -0.2) is 0 Å². The van der Waals surface area contributed by atoms with Crippen LogP contribution >= 0.6 is 0 Å². The van der Waals surface area contributed by atoms with Crippen molar-refractivity contribution in [3.05, 3.63) is 211 Å². The van der Waals surface area contributed by atoms with E-state index in [0.29, 0.717) is 0 Å². The zero-order chi connectivity index (χ0) is 35.7. The van der Waals surface area contributed by atoms with Gasteiger partial charge in [0.15, 0.2) is 0 Å². The van der Waals surface area contributed by atoms with E-state index in [1.54, 1.807) is 0 Å². The van der Waals surface area contributed by atoms with Crippen molar-refractivity contribution in [3.63, 3.8) is 0 Å². The van der Waals surface area contributed by atoms with Gasteiger partial charge in [-0.3, -0.25) is 0 Å². The zero-order valence-corrected chi connectivity index (χ0v) is 30.2. The first-order valence-corrected chi connectivity index (χ1v) is 18.7. The Morgan fingerprint density at radius 1 is 0.415 bits per heavy atom. The normalized spacial score (nSPS) is 12.0. The minimum Gasteiger partial charge on any atom is -0.309 e. The lowest BCUT2D eigenvalue weighted by Gasteiger charge is -2.23. The quantitative estimate of drug-likeness (QED) is 0.151. The van der Waals surface area contributed by atoms with E-state index in [4.69, 9.17) is 0 Å². The molecule has 1 heterocycles. The molecule has 0 spiro atoms. The highest BCUT2D eigenvalue weighted by Gasteiger charge is 2.20. The van der Waals surface area contributed by atoms with Gasteiger partial charge in [-0.1, -0.05) is 159 Å². The summed E-state index contributed by atoms with van der Waals surface area (Å²) in [7, 11) is 0. The molecule has 0 aliphatic rings. The van der Waals surface area contributed by atoms with Crippen molar-refractivity contribution in [1.29, 1.82) is 0 Å². The van der Waals surface area contributed by atoms with Crippen LogP contribution in [0.25, 0.3) is 72.0 Å². The predicted molar refractivity (Wildman–Crippen MR) is 226 cm³/mol. The van der Waals surface area contributed by atoms with Crippen molar-refractivity contribution >= 4 is 21.8 Å². The lowest BCUT2D eigenvalue weighted by atomic mass is 9.81. The first kappa shape index (κ1) is 32.5. The smallest absolute Gasteiger partial charge is 0.0541 e. The third-order valence-corrected chi connectivity index (χ3v) is 10.9. The second kappa shape index (κ2) is 13.9. The molecule has 0 aliphatic carbocycles. The number of fused-ring (bicyclic) bond motifs is 3. The number of hydrogen-bond donors (Lipinski definition) is 0. The summed E-state index contributed by atoms with van der Waals surface area (Å²) in [6.07, 6.45) is 0.990. The first-order valence-electron chi connectivity index (χ1n) is 18.7. The van der Waals surface area contributed by atoms with Gasteiger partial charge in [-0.15, -0.1) is 0 Å². The molecule has 9 rings (SSSR count). The summed E-state index contributed by atoms with van der Waals surface area (Å²) in [4.78, 5) is 0. The molecule has 1 atom stereocenters. The standard InChI is InChI=1S/C52H41N/c1-3-45(43-32-41(37-17-7-4-8-18-37)31-42(33-43)38-19-9-5-10-20-38)46-23-13-14-24-47(46)49-34-39(28-27-36(49)2)40-29-30-52-50(35-40)48-25-15-16-26-51(48)53(52)44-21-11-6-12-22-44/h4-35,45H,3H2,1-2H3. The molecule has 254 valence electrons. The first-order chi connectivity index (χ1) is 26.2. The fraction of sp³-hybridized carbons (Fsp3) is 0.0769. The highest BCUT2D eigenvalue weighted by Crippen LogP contribution is 2.42. The maximum Gasteiger partial charge on any atom is 0.0541 e. The van der Waals surface area contributed by atoms with Crippen LogP contribution in [-0.4, -0.2) is 4.57 Å². The Labute approximate surface area is 312 Å². The number of rotatable bonds is 8. The molecule has 0 bridgehead atoms. The molecule has 0 saturated carbocycles. The second-order valence-electron chi connectivity index (χ2n) is 14.1. The van der Waals surface area contributed by atoms with Gasteiger partial charge in [0, 0.05) is 22.4 Å². The summed E-state index contributed by atoms with van der Waals surface area (Å²) in [5, 5.41) is 2.53. The van der Waals surface area contributed by atoms with Crippen molar-refractivity contribution in [2.45, 2.75) is 26.2 Å². The Hall–Kier alpha value is -6.44. The van der Waals surface area contributed by atoms with Crippen LogP contribution in [0.5, 0.6) is 0 Å². The summed E-state index contributed by atoms with van der Waals surface area (Å²) < 4.78 is 2.38. The minimum absolute atomic E-state index is 0.223. The summed E-state index contributed by atoms with van der Waals surface area (Å²) in [6, 6.07) is 71.2. The van der Waals surface area contributed by atoms with Crippen molar-refractivity contribution in [1.82, 2.24) is 4.57 Å². The van der Waals surface area contributed by atoms with Crippen LogP contribution < -0.4 is 0 Å². The molecular weight excluding hydrogens is 639 g/mol. The number of hydrogen-bond acceptors (Lipinski definition) is 0. The van der Waals surface area contributed by atoms with Crippen molar-refractivity contribution < 1.29 is 0 Å². The molecule has 1 nitrogen and oxygen atoms in total. The van der Waals surface area contributed by atoms with Crippen LogP contribution in [0.15, 0.2) is 194 Å². The van der Waals surface area contributed by atoms with Gasteiger partial charge in [-0.05, 0) is 117 Å². The maximum atomic E-state index is 2.41. The Morgan fingerprint density at radius 2 is 0.981 bits per heavy atom. The van der Waals surface area contributed by atoms with Gasteiger partial charge < -0.3 is 4.57 Å². The third kappa shape index (κ3) is 6.05. The lowest BCUT2D eigenvalue weighted by molar-refractivity contribution is 0.779. The van der Waals surface area contributed by atoms with Crippen molar-refractivity contribution in [2.75, 3.05) is 0 Å². The molecule has 1 aromatic heterocycles. The zero-order valence-electron chi connectivity index (χ0n) is 30.2. The van der Waals surface area contributed by atoms with E-state index < -0.39 is 0 Å². The largest absolute Gasteiger partial charge is 0.309 e. The second-order valence-corrected chi connectivity index (χ2v) is 14.1. The molecule has 0 radical (unpaired) electrons. The predicted octanol–water partition coefficient (Wildman–Crippen LogP) is 14.3. The van der Waals surface area contributed by atoms with Crippen LogP contribution in [0.3, 0.4) is 0 Å². The summed E-state index contributed by atoms with van der Waals surface area (Å²) in [6.45, 7) is 4.57. The van der Waals surface area contributed by atoms with Gasteiger partial charge >= 0.3 is 0 Å². The van der Waals surface area contributed by atoms with E-state index in [1.807, 2.05) is 0 Å². The molecule has 0 amide bonds. The summed E-state index contributed by atoms with van der Waals surface area (Å²) >= 11 is 0. The molecular formula is C52H41N. The van der Waals surface area contributed by atoms with E-state index in [0.717, 1.165) is 6.42 Å². The number of nitrogens with zero attached hydrogens (tertiary/aromatic N) is 1. The Kier molecular flexibility index (Phi) is 8.54. The fourth-order valence-electron chi connectivity index (χ4n) is 8.23. The molecule has 1 heteroatoms. The molecule has 0 N–H and O–H groups in total. The number of aromatic nitrogens is 1. The Bertz CT molecular complexity index is 2640. The van der Waals surface area contributed by atoms with Crippen LogP contribution in [-0.2, 0) is 0 Å². The van der Waals surface area contributed by atoms with Gasteiger partial charge in [0.25, 0.3) is 0 Å². The van der Waals surface area contributed by atoms with Gasteiger partial charge in [0.1, 0.15) is 0 Å². The minimum atomic E-state index is 0.223.